The number of Topliss-reactive ketones (excluding diaryl/α,β-unsaturated/α-hetero) is 1. The van der Waals surface area contributed by atoms with E-state index < -0.39 is 5.92 Å². The van der Waals surface area contributed by atoms with Gasteiger partial charge in [-0.05, 0) is 48.7 Å². The molecular formula is C29H27ClN6O5S2. The van der Waals surface area contributed by atoms with E-state index in [0.29, 0.717) is 73.5 Å². The number of anilines is 2. The van der Waals surface area contributed by atoms with E-state index in [1.807, 2.05) is 0 Å². The molecule has 0 saturated carbocycles. The van der Waals surface area contributed by atoms with Crippen LogP contribution in [0.3, 0.4) is 0 Å². The normalized spacial score (nSPS) is 16.5. The predicted molar refractivity (Wildman–Crippen MR) is 165 cm³/mol. The van der Waals surface area contributed by atoms with Crippen LogP contribution in [0.4, 0.5) is 10.8 Å². The molecule has 3 aromatic rings. The van der Waals surface area contributed by atoms with Gasteiger partial charge in [-0.3, -0.25) is 14.5 Å². The molecule has 2 heterocycles. The molecule has 5 rings (SSSR count). The third kappa shape index (κ3) is 5.99. The van der Waals surface area contributed by atoms with Crippen LogP contribution in [0.15, 0.2) is 63.4 Å². The number of nitrogens with zero attached hydrogens (tertiary/aromatic N) is 4. The highest BCUT2D eigenvalue weighted by Gasteiger charge is 2.42. The van der Waals surface area contributed by atoms with E-state index in [1.165, 1.54) is 44.4 Å². The number of amides is 1. The first-order valence-electron chi connectivity index (χ1n) is 13.1. The van der Waals surface area contributed by atoms with Crippen molar-refractivity contribution in [1.82, 2.24) is 10.2 Å². The van der Waals surface area contributed by atoms with Gasteiger partial charge in [0.05, 0.1) is 44.6 Å². The largest absolute Gasteiger partial charge is 0.493 e. The van der Waals surface area contributed by atoms with Gasteiger partial charge in [0.2, 0.25) is 16.8 Å². The average molecular weight is 639 g/mol. The van der Waals surface area contributed by atoms with E-state index in [4.69, 9.17) is 31.5 Å². The van der Waals surface area contributed by atoms with Gasteiger partial charge < -0.3 is 25.3 Å². The number of nitrogens with one attached hydrogen (secondary N) is 1. The zero-order valence-corrected chi connectivity index (χ0v) is 25.9. The minimum atomic E-state index is -0.741. The fourth-order valence-electron chi connectivity index (χ4n) is 5.15. The summed E-state index contributed by atoms with van der Waals surface area (Å²) in [6, 6.07) is 12.6. The topological polar surface area (TPSA) is 153 Å². The van der Waals surface area contributed by atoms with Crippen molar-refractivity contribution < 1.29 is 23.8 Å². The first-order valence-corrected chi connectivity index (χ1v) is 15.2. The number of ether oxygens (including phenoxy) is 3. The monoisotopic (exact) mass is 638 g/mol. The average Bonchev–Trinajstić information content (AvgIpc) is 3.47. The number of carbonyl (C=O) groups is 2. The van der Waals surface area contributed by atoms with E-state index in [1.54, 1.807) is 41.3 Å². The van der Waals surface area contributed by atoms with Gasteiger partial charge in [0.15, 0.2) is 21.6 Å². The molecule has 1 unspecified atom stereocenters. The Morgan fingerprint density at radius 3 is 2.58 bits per heavy atom. The number of aromatic nitrogens is 2. The first-order chi connectivity index (χ1) is 20.8. The van der Waals surface area contributed by atoms with Crippen LogP contribution < -0.4 is 30.2 Å². The molecule has 222 valence electrons. The second-order valence-corrected chi connectivity index (χ2v) is 12.1. The molecule has 11 nitrogen and oxygen atoms in total. The summed E-state index contributed by atoms with van der Waals surface area (Å²) in [7, 11) is 4.51. The number of nitrogens with two attached hydrogens (primary N) is 1. The van der Waals surface area contributed by atoms with Gasteiger partial charge in [-0.1, -0.05) is 40.8 Å². The number of methoxy groups -OCH3 is 3. The Bertz CT molecular complexity index is 1670. The summed E-state index contributed by atoms with van der Waals surface area (Å²) in [6.45, 7) is 0. The number of benzene rings is 2. The Balaban J connectivity index is 1.48. The SMILES string of the molecule is COc1cc(C2C(C#N)=C(N)N(c3nnc(SCC(=O)Nc4cccc(Cl)c4)s3)C3=C2C(=O)CCC3)cc(OC)c1OC. The molecule has 0 spiro atoms. The molecule has 2 aromatic carbocycles. The molecule has 1 aliphatic carbocycles. The van der Waals surface area contributed by atoms with Crippen LogP contribution in [0.25, 0.3) is 0 Å². The van der Waals surface area contributed by atoms with Crippen molar-refractivity contribution in [3.8, 4) is 23.3 Å². The van der Waals surface area contributed by atoms with E-state index >= 15 is 0 Å². The van der Waals surface area contributed by atoms with Crippen LogP contribution in [0.1, 0.15) is 30.7 Å². The Morgan fingerprint density at radius 1 is 1.19 bits per heavy atom. The van der Waals surface area contributed by atoms with Crippen LogP contribution in [-0.2, 0) is 9.59 Å². The van der Waals surface area contributed by atoms with E-state index in [2.05, 4.69) is 21.6 Å². The summed E-state index contributed by atoms with van der Waals surface area (Å²) in [5, 5.41) is 22.6. The Hall–Kier alpha value is -4.25. The summed E-state index contributed by atoms with van der Waals surface area (Å²) in [4.78, 5) is 27.7. The Morgan fingerprint density at radius 2 is 1.93 bits per heavy atom. The van der Waals surface area contributed by atoms with Gasteiger partial charge in [0, 0.05) is 28.4 Å². The Labute approximate surface area is 261 Å². The molecule has 1 aliphatic heterocycles. The second kappa shape index (κ2) is 12.9. The van der Waals surface area contributed by atoms with Crippen molar-refractivity contribution in [1.29, 1.82) is 5.26 Å². The fraction of sp³-hybridized carbons (Fsp3) is 0.276. The number of nitriles is 1. The van der Waals surface area contributed by atoms with Crippen LogP contribution in [0.5, 0.6) is 17.2 Å². The zero-order valence-electron chi connectivity index (χ0n) is 23.5. The molecule has 0 radical (unpaired) electrons. The van der Waals surface area contributed by atoms with Crippen LogP contribution in [-0.4, -0.2) is 49.0 Å². The highest BCUT2D eigenvalue weighted by molar-refractivity contribution is 8.01. The van der Waals surface area contributed by atoms with E-state index in [-0.39, 0.29) is 28.8 Å². The first kappa shape index (κ1) is 30.2. The number of hydrogen-bond acceptors (Lipinski definition) is 12. The predicted octanol–water partition coefficient (Wildman–Crippen LogP) is 5.25. The van der Waals surface area contributed by atoms with Gasteiger partial charge in [-0.2, -0.15) is 5.26 Å². The molecule has 43 heavy (non-hydrogen) atoms. The smallest absolute Gasteiger partial charge is 0.234 e. The highest BCUT2D eigenvalue weighted by atomic mass is 35.5. The number of ketones is 1. The standard InChI is InChI=1S/C29H27ClN6O5S2/c1-39-21-10-15(11-22(40-2)26(21)41-3)24-18(13-31)27(32)36(19-8-5-9-20(37)25(19)24)28-34-35-29(43-28)42-14-23(38)33-17-7-4-6-16(30)12-17/h4,6-7,10-12,24H,5,8-9,14,32H2,1-3H3,(H,33,38). The number of hydrogen-bond donors (Lipinski definition) is 2. The summed E-state index contributed by atoms with van der Waals surface area (Å²) < 4.78 is 17.1. The maximum absolute atomic E-state index is 13.5. The van der Waals surface area contributed by atoms with E-state index in [0.717, 1.165) is 0 Å². The minimum absolute atomic E-state index is 0.0814. The summed E-state index contributed by atoms with van der Waals surface area (Å²) in [5.41, 5.74) is 9.20. The lowest BCUT2D eigenvalue weighted by atomic mass is 9.75. The number of allylic oxidation sites excluding steroid dienone is 3. The molecule has 0 fully saturated rings. The lowest BCUT2D eigenvalue weighted by Crippen LogP contribution is -2.38. The van der Waals surface area contributed by atoms with Crippen molar-refractivity contribution in [2.24, 2.45) is 5.73 Å². The van der Waals surface area contributed by atoms with Crippen molar-refractivity contribution in [3.05, 3.63) is 69.6 Å². The molecule has 0 bridgehead atoms. The molecule has 3 N–H and O–H groups in total. The van der Waals surface area contributed by atoms with Crippen molar-refractivity contribution in [2.45, 2.75) is 29.5 Å². The van der Waals surface area contributed by atoms with Crippen molar-refractivity contribution in [2.75, 3.05) is 37.3 Å². The molecule has 1 aromatic heterocycles. The number of rotatable bonds is 9. The van der Waals surface area contributed by atoms with Gasteiger partial charge in [-0.25, -0.2) is 0 Å². The van der Waals surface area contributed by atoms with Gasteiger partial charge in [-0.15, -0.1) is 10.2 Å². The van der Waals surface area contributed by atoms with Crippen LogP contribution in [0.2, 0.25) is 5.02 Å². The summed E-state index contributed by atoms with van der Waals surface area (Å²) in [6.07, 6.45) is 1.51. The lowest BCUT2D eigenvalue weighted by molar-refractivity contribution is -0.116. The minimum Gasteiger partial charge on any atom is -0.493 e. The van der Waals surface area contributed by atoms with Gasteiger partial charge >= 0.3 is 0 Å². The summed E-state index contributed by atoms with van der Waals surface area (Å²) >= 11 is 8.43. The van der Waals surface area contributed by atoms with Gasteiger partial charge in [0.25, 0.3) is 0 Å². The third-order valence-corrected chi connectivity index (χ3v) is 9.23. The zero-order chi connectivity index (χ0) is 30.7. The lowest BCUT2D eigenvalue weighted by Gasteiger charge is -2.38. The molecule has 1 amide bonds. The van der Waals surface area contributed by atoms with Crippen LogP contribution >= 0.6 is 34.7 Å². The van der Waals surface area contributed by atoms with E-state index in [9.17, 15) is 14.9 Å². The maximum atomic E-state index is 13.5. The Kier molecular flexibility index (Phi) is 9.10. The summed E-state index contributed by atoms with van der Waals surface area (Å²) in [5.74, 6) is 0.371. The second-order valence-electron chi connectivity index (χ2n) is 9.47. The fourth-order valence-corrected chi connectivity index (χ4v) is 7.02. The molecular weight excluding hydrogens is 612 g/mol. The third-order valence-electron chi connectivity index (χ3n) is 6.96. The molecule has 2 aliphatic rings. The van der Waals surface area contributed by atoms with Crippen LogP contribution in [0, 0.1) is 11.3 Å². The number of carbonyl (C=O) groups excluding carboxylic acids is 2. The molecule has 14 heteroatoms. The molecule has 0 saturated heterocycles. The van der Waals surface area contributed by atoms with Crippen molar-refractivity contribution >= 4 is 57.2 Å². The maximum Gasteiger partial charge on any atom is 0.234 e. The quantitative estimate of drug-likeness (QED) is 0.295. The number of thioether (sulfide) groups is 1. The van der Waals surface area contributed by atoms with Gasteiger partial charge in [0.1, 0.15) is 5.82 Å². The van der Waals surface area contributed by atoms with Crippen molar-refractivity contribution in [3.63, 3.8) is 0 Å². The number of halogens is 1. The molecule has 1 atom stereocenters. The highest BCUT2D eigenvalue weighted by Crippen LogP contribution is 2.50.